The monoisotopic (exact) mass is 313 g/mol. The number of hydrogen-bond acceptors (Lipinski definition) is 2. The summed E-state index contributed by atoms with van der Waals surface area (Å²) in [6, 6.07) is 7.75. The SMILES string of the molecule is CCCCN=C(N)NCCOc1cccc(Br)c1. The lowest BCUT2D eigenvalue weighted by molar-refractivity contribution is 0.322. The number of hydrogen-bond donors (Lipinski definition) is 2. The molecule has 0 saturated carbocycles. The fourth-order valence-electron chi connectivity index (χ4n) is 1.32. The van der Waals surface area contributed by atoms with E-state index in [1.165, 1.54) is 0 Å². The van der Waals surface area contributed by atoms with Crippen LogP contribution in [0.2, 0.25) is 0 Å². The van der Waals surface area contributed by atoms with Crippen LogP contribution in [0.4, 0.5) is 0 Å². The van der Waals surface area contributed by atoms with Crippen molar-refractivity contribution in [2.45, 2.75) is 19.8 Å². The molecule has 0 aliphatic carbocycles. The second-order valence-electron chi connectivity index (χ2n) is 3.85. The van der Waals surface area contributed by atoms with Crippen molar-refractivity contribution >= 4 is 21.9 Å². The number of halogens is 1. The van der Waals surface area contributed by atoms with Gasteiger partial charge in [0.15, 0.2) is 5.96 Å². The number of benzene rings is 1. The van der Waals surface area contributed by atoms with Crippen molar-refractivity contribution in [3.8, 4) is 5.75 Å². The fraction of sp³-hybridized carbons (Fsp3) is 0.462. The van der Waals surface area contributed by atoms with Crippen molar-refractivity contribution in [1.82, 2.24) is 5.32 Å². The van der Waals surface area contributed by atoms with Crippen LogP contribution in [-0.2, 0) is 0 Å². The van der Waals surface area contributed by atoms with Crippen molar-refractivity contribution in [2.24, 2.45) is 10.7 Å². The van der Waals surface area contributed by atoms with E-state index in [0.29, 0.717) is 19.1 Å². The van der Waals surface area contributed by atoms with Crippen LogP contribution < -0.4 is 15.8 Å². The summed E-state index contributed by atoms with van der Waals surface area (Å²) in [6.07, 6.45) is 2.19. The first-order chi connectivity index (χ1) is 8.72. The number of aliphatic imine (C=N–C) groups is 1. The topological polar surface area (TPSA) is 59.6 Å². The van der Waals surface area contributed by atoms with Crippen LogP contribution in [0.3, 0.4) is 0 Å². The predicted molar refractivity (Wildman–Crippen MR) is 79.0 cm³/mol. The second kappa shape index (κ2) is 8.80. The van der Waals surface area contributed by atoms with Gasteiger partial charge in [0, 0.05) is 11.0 Å². The van der Waals surface area contributed by atoms with E-state index in [0.717, 1.165) is 29.6 Å². The van der Waals surface area contributed by atoms with E-state index in [2.05, 4.69) is 33.2 Å². The Morgan fingerprint density at radius 2 is 2.33 bits per heavy atom. The van der Waals surface area contributed by atoms with Gasteiger partial charge in [0.25, 0.3) is 0 Å². The third-order valence-electron chi connectivity index (χ3n) is 2.27. The zero-order valence-electron chi connectivity index (χ0n) is 10.7. The molecule has 100 valence electrons. The van der Waals surface area contributed by atoms with Gasteiger partial charge in [-0.1, -0.05) is 35.3 Å². The van der Waals surface area contributed by atoms with Crippen LogP contribution >= 0.6 is 15.9 Å². The van der Waals surface area contributed by atoms with E-state index in [9.17, 15) is 0 Å². The lowest BCUT2D eigenvalue weighted by atomic mass is 10.3. The summed E-state index contributed by atoms with van der Waals surface area (Å²) in [4.78, 5) is 4.19. The van der Waals surface area contributed by atoms with Gasteiger partial charge in [0.1, 0.15) is 12.4 Å². The number of nitrogens with two attached hydrogens (primary N) is 1. The number of nitrogens with one attached hydrogen (secondary N) is 1. The lowest BCUT2D eigenvalue weighted by Gasteiger charge is -2.08. The van der Waals surface area contributed by atoms with Gasteiger partial charge in [-0.2, -0.15) is 0 Å². The first kappa shape index (κ1) is 14.8. The molecule has 0 bridgehead atoms. The minimum atomic E-state index is 0.487. The summed E-state index contributed by atoms with van der Waals surface area (Å²) in [6.45, 7) is 4.11. The molecule has 3 N–H and O–H groups in total. The molecule has 1 rings (SSSR count). The maximum Gasteiger partial charge on any atom is 0.188 e. The molecule has 0 saturated heterocycles. The Labute approximate surface area is 117 Å². The van der Waals surface area contributed by atoms with Crippen molar-refractivity contribution in [3.05, 3.63) is 28.7 Å². The first-order valence-corrected chi connectivity index (χ1v) is 6.94. The minimum absolute atomic E-state index is 0.487. The summed E-state index contributed by atoms with van der Waals surface area (Å²) >= 11 is 3.39. The number of rotatable bonds is 7. The average Bonchev–Trinajstić information content (AvgIpc) is 2.35. The molecule has 0 heterocycles. The summed E-state index contributed by atoms with van der Waals surface area (Å²) < 4.78 is 6.57. The van der Waals surface area contributed by atoms with Gasteiger partial charge in [0.2, 0.25) is 0 Å². The molecule has 0 fully saturated rings. The Balaban J connectivity index is 2.16. The van der Waals surface area contributed by atoms with Crippen molar-refractivity contribution in [2.75, 3.05) is 19.7 Å². The molecule has 0 atom stereocenters. The zero-order valence-corrected chi connectivity index (χ0v) is 12.2. The molecule has 0 spiro atoms. The van der Waals surface area contributed by atoms with Gasteiger partial charge in [-0.3, -0.25) is 4.99 Å². The Kier molecular flexibility index (Phi) is 7.25. The standard InChI is InChI=1S/C13H20BrN3O/c1-2-3-7-16-13(15)17-8-9-18-12-6-4-5-11(14)10-12/h4-6,10H,2-3,7-9H2,1H3,(H3,15,16,17). The normalized spacial score (nSPS) is 11.3. The average molecular weight is 314 g/mol. The van der Waals surface area contributed by atoms with Crippen molar-refractivity contribution in [3.63, 3.8) is 0 Å². The van der Waals surface area contributed by atoms with Crippen LogP contribution in [0, 0.1) is 0 Å². The van der Waals surface area contributed by atoms with Gasteiger partial charge in [-0.05, 0) is 24.6 Å². The van der Waals surface area contributed by atoms with E-state index in [1.54, 1.807) is 0 Å². The highest BCUT2D eigenvalue weighted by Crippen LogP contribution is 2.17. The van der Waals surface area contributed by atoms with Crippen LogP contribution in [0.1, 0.15) is 19.8 Å². The Morgan fingerprint density at radius 3 is 3.06 bits per heavy atom. The Bertz CT molecular complexity index is 382. The molecule has 4 nitrogen and oxygen atoms in total. The van der Waals surface area contributed by atoms with Crippen LogP contribution in [0.5, 0.6) is 5.75 Å². The highest BCUT2D eigenvalue weighted by Gasteiger charge is 1.95. The van der Waals surface area contributed by atoms with E-state index in [-0.39, 0.29) is 0 Å². The molecule has 0 aromatic heterocycles. The predicted octanol–water partition coefficient (Wildman–Crippen LogP) is 2.53. The summed E-state index contributed by atoms with van der Waals surface area (Å²) in [5.41, 5.74) is 5.69. The van der Waals surface area contributed by atoms with Crippen LogP contribution in [-0.4, -0.2) is 25.7 Å². The van der Waals surface area contributed by atoms with E-state index >= 15 is 0 Å². The summed E-state index contributed by atoms with van der Waals surface area (Å²) in [5.74, 6) is 1.33. The first-order valence-electron chi connectivity index (χ1n) is 6.14. The molecule has 0 amide bonds. The third-order valence-corrected chi connectivity index (χ3v) is 2.76. The van der Waals surface area contributed by atoms with Crippen LogP contribution in [0.25, 0.3) is 0 Å². The number of guanidine groups is 1. The molecular weight excluding hydrogens is 294 g/mol. The Hall–Kier alpha value is -1.23. The molecule has 18 heavy (non-hydrogen) atoms. The second-order valence-corrected chi connectivity index (χ2v) is 4.77. The number of unbranched alkanes of at least 4 members (excludes halogenated alkanes) is 1. The van der Waals surface area contributed by atoms with E-state index in [4.69, 9.17) is 10.5 Å². The van der Waals surface area contributed by atoms with E-state index in [1.807, 2.05) is 24.3 Å². The quantitative estimate of drug-likeness (QED) is 0.462. The lowest BCUT2D eigenvalue weighted by Crippen LogP contribution is -2.34. The minimum Gasteiger partial charge on any atom is -0.492 e. The maximum absolute atomic E-state index is 5.69. The van der Waals surface area contributed by atoms with Gasteiger partial charge in [-0.25, -0.2) is 0 Å². The van der Waals surface area contributed by atoms with Crippen LogP contribution in [0.15, 0.2) is 33.7 Å². The number of ether oxygens (including phenoxy) is 1. The zero-order chi connectivity index (χ0) is 13.2. The highest BCUT2D eigenvalue weighted by atomic mass is 79.9. The molecule has 0 unspecified atom stereocenters. The third kappa shape index (κ3) is 6.49. The van der Waals surface area contributed by atoms with Gasteiger partial charge in [-0.15, -0.1) is 0 Å². The largest absolute Gasteiger partial charge is 0.492 e. The molecule has 0 aliphatic rings. The smallest absolute Gasteiger partial charge is 0.188 e. The molecule has 1 aromatic carbocycles. The number of nitrogens with zero attached hydrogens (tertiary/aromatic N) is 1. The van der Waals surface area contributed by atoms with Gasteiger partial charge in [0.05, 0.1) is 6.54 Å². The molecular formula is C13H20BrN3O. The van der Waals surface area contributed by atoms with E-state index < -0.39 is 0 Å². The summed E-state index contributed by atoms with van der Waals surface area (Å²) in [5, 5.41) is 3.02. The Morgan fingerprint density at radius 1 is 1.50 bits per heavy atom. The summed E-state index contributed by atoms with van der Waals surface area (Å²) in [7, 11) is 0. The maximum atomic E-state index is 5.69. The molecule has 0 radical (unpaired) electrons. The molecule has 5 heteroatoms. The van der Waals surface area contributed by atoms with Gasteiger partial charge >= 0.3 is 0 Å². The van der Waals surface area contributed by atoms with Crippen molar-refractivity contribution < 1.29 is 4.74 Å². The fourth-order valence-corrected chi connectivity index (χ4v) is 1.70. The highest BCUT2D eigenvalue weighted by molar-refractivity contribution is 9.10. The van der Waals surface area contributed by atoms with Gasteiger partial charge < -0.3 is 15.8 Å². The molecule has 1 aromatic rings. The molecule has 0 aliphatic heterocycles. The van der Waals surface area contributed by atoms with Crippen molar-refractivity contribution in [1.29, 1.82) is 0 Å².